The van der Waals surface area contributed by atoms with Gasteiger partial charge in [-0.15, -0.1) is 0 Å². The van der Waals surface area contributed by atoms with Crippen LogP contribution in [-0.4, -0.2) is 14.1 Å². The van der Waals surface area contributed by atoms with Gasteiger partial charge >= 0.3 is 0 Å². The summed E-state index contributed by atoms with van der Waals surface area (Å²) in [6.45, 7) is 6.63. The predicted molar refractivity (Wildman–Crippen MR) is 338 cm³/mol. The molecule has 0 atom stereocenters. The van der Waals surface area contributed by atoms with Crippen LogP contribution < -0.4 is 9.30 Å². The number of benzene rings is 11. The first-order chi connectivity index (χ1) is 40.7. The number of pyridine rings is 1. The van der Waals surface area contributed by atoms with Gasteiger partial charge in [-0.25, -0.2) is 4.98 Å². The maximum absolute atomic E-state index is 9.95. The van der Waals surface area contributed by atoms with Gasteiger partial charge in [-0.2, -0.15) is 5.26 Å². The minimum atomic E-state index is -0.0840. The largest absolute Gasteiger partial charge is 0.458 e. The number of hydrogen-bond donors (Lipinski definition) is 0. The van der Waals surface area contributed by atoms with Crippen molar-refractivity contribution in [2.75, 3.05) is 0 Å². The molecular weight excluding hydrogens is 1010 g/mol. The van der Waals surface area contributed by atoms with Crippen LogP contribution in [0.1, 0.15) is 31.9 Å². The Balaban J connectivity index is 0.950. The lowest BCUT2D eigenvalue weighted by molar-refractivity contribution is -0.571. The van der Waals surface area contributed by atoms with Crippen LogP contribution in [0.15, 0.2) is 279 Å². The van der Waals surface area contributed by atoms with Crippen LogP contribution in [-0.2, 0) is 5.41 Å². The average molecular weight is 1070 g/mol. The van der Waals surface area contributed by atoms with Crippen LogP contribution in [0, 0.1) is 17.7 Å². The zero-order chi connectivity index (χ0) is 56.0. The third kappa shape index (κ3) is 9.60. The highest BCUT2D eigenvalue weighted by atomic mass is 16.5. The van der Waals surface area contributed by atoms with Gasteiger partial charge in [0.15, 0.2) is 0 Å². The molecule has 0 fully saturated rings. The molecule has 6 heteroatoms. The third-order valence-corrected chi connectivity index (χ3v) is 15.8. The molecule has 394 valence electrons. The van der Waals surface area contributed by atoms with Crippen molar-refractivity contribution in [1.82, 2.24) is 14.1 Å². The van der Waals surface area contributed by atoms with E-state index in [2.05, 4.69) is 283 Å². The Labute approximate surface area is 483 Å². The van der Waals surface area contributed by atoms with Crippen molar-refractivity contribution in [2.24, 2.45) is 0 Å². The third-order valence-electron chi connectivity index (χ3n) is 15.8. The molecule has 0 aliphatic rings. The topological polar surface area (TPSA) is 59.7 Å². The standard InChI is InChI=1S/C77H55N5O/c1-77(2,3)63-38-39-79-75(47-63)82-71-37-34-52(50-78)40-70(71)69-36-35-66(49-74(69)82)83-65-29-18-28-64(48-65)80-51-81(73-33-17-16-32-72(73)80)76-67(61-43-57(53-20-8-4-9-21-53)41-58(44-61)54-22-10-5-11-23-54)30-19-31-68(76)62-45-59(55-24-12-6-13-25-55)42-60(46-62)56-26-14-7-15-27-56/h4-49H,1-3H3. The lowest BCUT2D eigenvalue weighted by atomic mass is 9.88. The molecule has 0 aliphatic heterocycles. The van der Waals surface area contributed by atoms with Gasteiger partial charge in [-0.3, -0.25) is 13.7 Å². The van der Waals surface area contributed by atoms with Crippen LogP contribution in [0.25, 0.3) is 117 Å². The first-order valence-corrected chi connectivity index (χ1v) is 28.1. The molecular formula is C77H55N5O. The van der Waals surface area contributed by atoms with E-state index in [9.17, 15) is 5.26 Å². The monoisotopic (exact) mass is 1070 g/mol. The lowest BCUT2D eigenvalue weighted by Gasteiger charge is -2.20. The molecule has 0 N–H and O–H groups in total. The minimum absolute atomic E-state index is 0.0840. The van der Waals surface area contributed by atoms with E-state index >= 15 is 0 Å². The average Bonchev–Trinajstić information content (AvgIpc) is 2.54. The number of nitriles is 1. The number of nitrogens with zero attached hydrogens (tertiary/aromatic N) is 5. The van der Waals surface area contributed by atoms with Crippen molar-refractivity contribution in [1.29, 1.82) is 5.26 Å². The Morgan fingerprint density at radius 3 is 1.53 bits per heavy atom. The van der Waals surface area contributed by atoms with Crippen molar-refractivity contribution in [3.8, 4) is 102 Å². The van der Waals surface area contributed by atoms with Crippen LogP contribution in [0.2, 0.25) is 0 Å². The fraction of sp³-hybridized carbons (Fsp3) is 0.0519. The summed E-state index contributed by atoms with van der Waals surface area (Å²) in [5, 5.41) is 11.9. The van der Waals surface area contributed by atoms with Crippen LogP contribution in [0.5, 0.6) is 11.5 Å². The highest BCUT2D eigenvalue weighted by Gasteiger charge is 2.23. The second-order valence-corrected chi connectivity index (χ2v) is 22.1. The summed E-state index contributed by atoms with van der Waals surface area (Å²) in [7, 11) is 0. The van der Waals surface area contributed by atoms with E-state index < -0.39 is 0 Å². The van der Waals surface area contributed by atoms with Gasteiger partial charge in [-0.1, -0.05) is 191 Å². The Bertz CT molecular complexity index is 4540. The van der Waals surface area contributed by atoms with Gasteiger partial charge in [0.25, 0.3) is 6.33 Å². The molecule has 0 saturated carbocycles. The molecule has 3 aromatic heterocycles. The lowest BCUT2D eigenvalue weighted by Crippen LogP contribution is -2.31. The summed E-state index contributed by atoms with van der Waals surface area (Å²) < 4.78 is 13.5. The van der Waals surface area contributed by atoms with Crippen molar-refractivity contribution in [3.05, 3.63) is 297 Å². The fourth-order valence-electron chi connectivity index (χ4n) is 11.6. The molecule has 0 radical (unpaired) electrons. The number of hydrogen-bond acceptors (Lipinski definition) is 3. The molecule has 83 heavy (non-hydrogen) atoms. The van der Waals surface area contributed by atoms with E-state index in [1.54, 1.807) is 0 Å². The smallest absolute Gasteiger partial charge is 0.269 e. The van der Waals surface area contributed by atoms with E-state index in [1.807, 2.05) is 42.6 Å². The zero-order valence-corrected chi connectivity index (χ0v) is 46.2. The first kappa shape index (κ1) is 50.4. The van der Waals surface area contributed by atoms with Crippen molar-refractivity contribution >= 4 is 32.8 Å². The summed E-state index contributed by atoms with van der Waals surface area (Å²) in [4.78, 5) is 4.91. The maximum atomic E-state index is 9.95. The van der Waals surface area contributed by atoms with E-state index in [1.165, 1.54) is 5.56 Å². The SMILES string of the molecule is CC(C)(C)c1ccnc(-n2c3ccc(C#N)cc3c3ccc(Oc4cccc(-n5[c-][n+](-c6c(-c7cc(-c8ccccc8)cc(-c8ccccc8)c7)cccc6-c6cc(-c7ccccc7)cc(-c7ccccc7)c6)c6ccccc65)c4)cc32)c1. The number of para-hydroxylation sites is 3. The molecule has 11 aromatic carbocycles. The maximum Gasteiger partial charge on any atom is 0.269 e. The second-order valence-electron chi connectivity index (χ2n) is 22.1. The highest BCUT2D eigenvalue weighted by molar-refractivity contribution is 6.10. The van der Waals surface area contributed by atoms with Gasteiger partial charge in [0.1, 0.15) is 17.3 Å². The second kappa shape index (κ2) is 21.0. The molecule has 0 amide bonds. The van der Waals surface area contributed by atoms with Gasteiger partial charge in [0, 0.05) is 23.0 Å². The van der Waals surface area contributed by atoms with Gasteiger partial charge in [-0.05, 0) is 175 Å². The summed E-state index contributed by atoms with van der Waals surface area (Å²) in [6.07, 6.45) is 5.83. The summed E-state index contributed by atoms with van der Waals surface area (Å²) in [5.74, 6) is 2.14. The Kier molecular flexibility index (Phi) is 12.7. The summed E-state index contributed by atoms with van der Waals surface area (Å²) in [6, 6.07) is 98.7. The number of imidazole rings is 1. The molecule has 0 aliphatic carbocycles. The molecule has 0 saturated heterocycles. The molecule has 14 aromatic rings. The minimum Gasteiger partial charge on any atom is -0.458 e. The summed E-state index contributed by atoms with van der Waals surface area (Å²) >= 11 is 0. The predicted octanol–water partition coefficient (Wildman–Crippen LogP) is 19.2. The van der Waals surface area contributed by atoms with E-state index in [0.29, 0.717) is 17.1 Å². The van der Waals surface area contributed by atoms with E-state index in [4.69, 9.17) is 9.72 Å². The van der Waals surface area contributed by atoms with Crippen molar-refractivity contribution < 1.29 is 9.30 Å². The van der Waals surface area contributed by atoms with Crippen molar-refractivity contribution in [3.63, 3.8) is 0 Å². The Morgan fingerprint density at radius 1 is 0.434 bits per heavy atom. The zero-order valence-electron chi connectivity index (χ0n) is 46.2. The molecule has 3 heterocycles. The van der Waals surface area contributed by atoms with E-state index in [0.717, 1.165) is 117 Å². The van der Waals surface area contributed by atoms with E-state index in [-0.39, 0.29) is 5.41 Å². The van der Waals surface area contributed by atoms with Crippen molar-refractivity contribution in [2.45, 2.75) is 26.2 Å². The van der Waals surface area contributed by atoms with Crippen LogP contribution >= 0.6 is 0 Å². The van der Waals surface area contributed by atoms with Gasteiger partial charge < -0.3 is 4.74 Å². The fourth-order valence-corrected chi connectivity index (χ4v) is 11.6. The van der Waals surface area contributed by atoms with Gasteiger partial charge in [0.05, 0.1) is 45.1 Å². The number of aromatic nitrogens is 4. The van der Waals surface area contributed by atoms with Crippen LogP contribution in [0.3, 0.4) is 0 Å². The Morgan fingerprint density at radius 2 is 0.964 bits per heavy atom. The molecule has 0 spiro atoms. The molecule has 14 rings (SSSR count). The normalized spacial score (nSPS) is 11.5. The molecule has 0 unspecified atom stereocenters. The van der Waals surface area contributed by atoms with Gasteiger partial charge in [0.2, 0.25) is 0 Å². The molecule has 0 bridgehead atoms. The summed E-state index contributed by atoms with van der Waals surface area (Å²) in [5.41, 5.74) is 20.8. The first-order valence-electron chi connectivity index (χ1n) is 28.1. The molecule has 6 nitrogen and oxygen atoms in total. The number of fused-ring (bicyclic) bond motifs is 4. The van der Waals surface area contributed by atoms with Crippen LogP contribution in [0.4, 0.5) is 0 Å². The Hall–Kier alpha value is -10.9. The number of ether oxygens (including phenoxy) is 1. The number of rotatable bonds is 11. The highest BCUT2D eigenvalue weighted by Crippen LogP contribution is 2.42. The quantitative estimate of drug-likeness (QED) is 0.0958.